The lowest BCUT2D eigenvalue weighted by molar-refractivity contribution is -0.114. The monoisotopic (exact) mass is 438 g/mol. The summed E-state index contributed by atoms with van der Waals surface area (Å²) in [6.45, 7) is 0. The standard InChI is InChI=1S/C22H22N4O2S2/c23-15-7-1-5-11-19(15)29-13-21(27)25-17-9-3-4-10-18(17)26-22(28)14-30-20-12-6-2-8-16(20)24/h1-12H,13-14,23-24H2,(H,25,27)(H,26,28). The van der Waals surface area contributed by atoms with Gasteiger partial charge in [0.25, 0.3) is 0 Å². The molecule has 0 atom stereocenters. The number of hydrogen-bond acceptors (Lipinski definition) is 6. The zero-order valence-electron chi connectivity index (χ0n) is 16.1. The Balaban J connectivity index is 1.56. The molecule has 0 unspecified atom stereocenters. The highest BCUT2D eigenvalue weighted by atomic mass is 32.2. The van der Waals surface area contributed by atoms with E-state index in [0.717, 1.165) is 9.79 Å². The molecule has 30 heavy (non-hydrogen) atoms. The van der Waals surface area contributed by atoms with E-state index in [0.29, 0.717) is 22.7 Å². The summed E-state index contributed by atoms with van der Waals surface area (Å²) in [5.41, 5.74) is 14.2. The number of nitrogens with one attached hydrogen (secondary N) is 2. The number of para-hydroxylation sites is 4. The van der Waals surface area contributed by atoms with E-state index in [1.807, 2.05) is 36.4 Å². The number of thioether (sulfide) groups is 2. The smallest absolute Gasteiger partial charge is 0.234 e. The molecule has 0 heterocycles. The van der Waals surface area contributed by atoms with Crippen LogP contribution in [-0.4, -0.2) is 23.3 Å². The van der Waals surface area contributed by atoms with Crippen molar-refractivity contribution in [1.29, 1.82) is 0 Å². The van der Waals surface area contributed by atoms with Gasteiger partial charge in [0.05, 0.1) is 22.9 Å². The average molecular weight is 439 g/mol. The first-order chi connectivity index (χ1) is 14.5. The maximum atomic E-state index is 12.4. The molecular weight excluding hydrogens is 416 g/mol. The second-order valence-corrected chi connectivity index (χ2v) is 8.33. The maximum Gasteiger partial charge on any atom is 0.234 e. The fraction of sp³-hybridized carbons (Fsp3) is 0.0909. The highest BCUT2D eigenvalue weighted by molar-refractivity contribution is 8.00. The van der Waals surface area contributed by atoms with Crippen LogP contribution in [0.15, 0.2) is 82.6 Å². The summed E-state index contributed by atoms with van der Waals surface area (Å²) in [6, 6.07) is 21.9. The SMILES string of the molecule is Nc1ccccc1SCC(=O)Nc1ccccc1NC(=O)CSc1ccccc1N. The Bertz CT molecular complexity index is 960. The molecule has 3 aromatic rings. The lowest BCUT2D eigenvalue weighted by Gasteiger charge is -2.13. The molecule has 0 aliphatic carbocycles. The molecule has 6 nitrogen and oxygen atoms in total. The molecule has 0 saturated carbocycles. The quantitative estimate of drug-likeness (QED) is 0.308. The van der Waals surface area contributed by atoms with Gasteiger partial charge in [0.1, 0.15) is 0 Å². The van der Waals surface area contributed by atoms with E-state index in [1.165, 1.54) is 23.5 Å². The Labute approximate surface area is 183 Å². The van der Waals surface area contributed by atoms with Crippen LogP contribution in [-0.2, 0) is 9.59 Å². The fourth-order valence-corrected chi connectivity index (χ4v) is 4.12. The molecule has 3 aromatic carbocycles. The molecular formula is C22H22N4O2S2. The minimum atomic E-state index is -0.184. The zero-order chi connectivity index (χ0) is 21.3. The van der Waals surface area contributed by atoms with Gasteiger partial charge in [-0.1, -0.05) is 36.4 Å². The Morgan fingerprint density at radius 1 is 0.633 bits per heavy atom. The summed E-state index contributed by atoms with van der Waals surface area (Å²) < 4.78 is 0. The minimum Gasteiger partial charge on any atom is -0.398 e. The van der Waals surface area contributed by atoms with Crippen LogP contribution in [0.25, 0.3) is 0 Å². The van der Waals surface area contributed by atoms with Gasteiger partial charge in [0.2, 0.25) is 11.8 Å². The fourth-order valence-electron chi connectivity index (χ4n) is 2.58. The Morgan fingerprint density at radius 2 is 1.00 bits per heavy atom. The third-order valence-electron chi connectivity index (χ3n) is 4.03. The number of carbonyl (C=O) groups excluding carboxylic acids is 2. The second kappa shape index (κ2) is 10.6. The lowest BCUT2D eigenvalue weighted by Crippen LogP contribution is -2.19. The third-order valence-corrected chi connectivity index (χ3v) is 6.21. The van der Waals surface area contributed by atoms with E-state index in [-0.39, 0.29) is 23.3 Å². The molecule has 0 fully saturated rings. The van der Waals surface area contributed by atoms with Crippen molar-refractivity contribution in [2.45, 2.75) is 9.79 Å². The van der Waals surface area contributed by atoms with Crippen molar-refractivity contribution in [3.8, 4) is 0 Å². The number of anilines is 4. The van der Waals surface area contributed by atoms with Gasteiger partial charge in [-0.15, -0.1) is 23.5 Å². The van der Waals surface area contributed by atoms with E-state index < -0.39 is 0 Å². The topological polar surface area (TPSA) is 110 Å². The summed E-state index contributed by atoms with van der Waals surface area (Å²) >= 11 is 2.72. The second-order valence-electron chi connectivity index (χ2n) is 6.29. The third kappa shape index (κ3) is 6.20. The molecule has 0 bridgehead atoms. The average Bonchev–Trinajstić information content (AvgIpc) is 2.74. The normalized spacial score (nSPS) is 10.4. The van der Waals surface area contributed by atoms with Gasteiger partial charge >= 0.3 is 0 Å². The maximum absolute atomic E-state index is 12.4. The summed E-state index contributed by atoms with van der Waals surface area (Å²) in [5, 5.41) is 5.69. The molecule has 3 rings (SSSR count). The summed E-state index contributed by atoms with van der Waals surface area (Å²) in [4.78, 5) is 26.5. The summed E-state index contributed by atoms with van der Waals surface area (Å²) in [5.74, 6) is 0.0481. The van der Waals surface area contributed by atoms with Crippen LogP contribution in [0.1, 0.15) is 0 Å². The lowest BCUT2D eigenvalue weighted by atomic mass is 10.2. The first-order valence-electron chi connectivity index (χ1n) is 9.16. The van der Waals surface area contributed by atoms with Crippen molar-refractivity contribution in [1.82, 2.24) is 0 Å². The molecule has 8 heteroatoms. The van der Waals surface area contributed by atoms with Crippen molar-refractivity contribution in [2.24, 2.45) is 0 Å². The van der Waals surface area contributed by atoms with E-state index in [1.54, 1.807) is 36.4 Å². The van der Waals surface area contributed by atoms with Crippen LogP contribution in [0.2, 0.25) is 0 Å². The number of benzene rings is 3. The Morgan fingerprint density at radius 3 is 1.40 bits per heavy atom. The number of amides is 2. The molecule has 0 radical (unpaired) electrons. The van der Waals surface area contributed by atoms with Crippen LogP contribution >= 0.6 is 23.5 Å². The molecule has 0 saturated heterocycles. The van der Waals surface area contributed by atoms with Gasteiger partial charge in [0, 0.05) is 21.2 Å². The van der Waals surface area contributed by atoms with Crippen LogP contribution < -0.4 is 22.1 Å². The first-order valence-corrected chi connectivity index (χ1v) is 11.1. The predicted molar refractivity (Wildman–Crippen MR) is 127 cm³/mol. The van der Waals surface area contributed by atoms with Gasteiger partial charge in [0.15, 0.2) is 0 Å². The van der Waals surface area contributed by atoms with Gasteiger partial charge in [-0.2, -0.15) is 0 Å². The van der Waals surface area contributed by atoms with E-state index in [2.05, 4.69) is 10.6 Å². The largest absolute Gasteiger partial charge is 0.398 e. The molecule has 2 amide bonds. The van der Waals surface area contributed by atoms with Crippen LogP contribution in [0.4, 0.5) is 22.7 Å². The zero-order valence-corrected chi connectivity index (χ0v) is 17.8. The van der Waals surface area contributed by atoms with Crippen molar-refractivity contribution in [3.05, 3.63) is 72.8 Å². The van der Waals surface area contributed by atoms with Crippen molar-refractivity contribution < 1.29 is 9.59 Å². The summed E-state index contributed by atoms with van der Waals surface area (Å²) in [6.07, 6.45) is 0. The van der Waals surface area contributed by atoms with E-state index in [4.69, 9.17) is 11.5 Å². The molecule has 0 aliphatic heterocycles. The number of nitrogens with two attached hydrogens (primary N) is 2. The predicted octanol–water partition coefficient (Wildman–Crippen LogP) is 4.31. The van der Waals surface area contributed by atoms with Gasteiger partial charge < -0.3 is 22.1 Å². The number of nitrogen functional groups attached to an aromatic ring is 2. The molecule has 154 valence electrons. The molecule has 0 spiro atoms. The van der Waals surface area contributed by atoms with Gasteiger partial charge in [-0.25, -0.2) is 0 Å². The van der Waals surface area contributed by atoms with Crippen molar-refractivity contribution in [3.63, 3.8) is 0 Å². The number of carbonyl (C=O) groups is 2. The molecule has 6 N–H and O–H groups in total. The Kier molecular flexibility index (Phi) is 7.64. The van der Waals surface area contributed by atoms with Crippen molar-refractivity contribution in [2.75, 3.05) is 33.6 Å². The molecule has 0 aliphatic rings. The van der Waals surface area contributed by atoms with Gasteiger partial charge in [-0.05, 0) is 36.4 Å². The summed E-state index contributed by atoms with van der Waals surface area (Å²) in [7, 11) is 0. The van der Waals surface area contributed by atoms with Crippen molar-refractivity contribution >= 4 is 58.1 Å². The Hall–Kier alpha value is -3.10. The van der Waals surface area contributed by atoms with E-state index in [9.17, 15) is 9.59 Å². The number of rotatable bonds is 8. The molecule has 0 aromatic heterocycles. The van der Waals surface area contributed by atoms with Crippen LogP contribution in [0.5, 0.6) is 0 Å². The van der Waals surface area contributed by atoms with Gasteiger partial charge in [-0.3, -0.25) is 9.59 Å². The van der Waals surface area contributed by atoms with Crippen LogP contribution in [0, 0.1) is 0 Å². The van der Waals surface area contributed by atoms with E-state index >= 15 is 0 Å². The van der Waals surface area contributed by atoms with Crippen LogP contribution in [0.3, 0.4) is 0 Å². The first kappa shape index (κ1) is 21.6. The highest BCUT2D eigenvalue weighted by Crippen LogP contribution is 2.27. The number of hydrogen-bond donors (Lipinski definition) is 4. The minimum absolute atomic E-state index is 0.184. The highest BCUT2D eigenvalue weighted by Gasteiger charge is 2.11.